The summed E-state index contributed by atoms with van der Waals surface area (Å²) in [4.78, 5) is 58.7. The number of aliphatic hydroxyl groups excluding tert-OH is 1. The summed E-state index contributed by atoms with van der Waals surface area (Å²) in [5, 5.41) is 16.9. The van der Waals surface area contributed by atoms with E-state index in [1.807, 2.05) is 70.5 Å². The van der Waals surface area contributed by atoms with E-state index in [0.29, 0.717) is 30.0 Å². The van der Waals surface area contributed by atoms with Crippen molar-refractivity contribution < 1.29 is 29.0 Å². The molecule has 12 nitrogen and oxygen atoms in total. The lowest BCUT2D eigenvalue weighted by atomic mass is 9.85. The first-order valence-electron chi connectivity index (χ1n) is 17.6. The minimum absolute atomic E-state index is 0. The van der Waals surface area contributed by atoms with Gasteiger partial charge in [-0.15, -0.1) is 23.7 Å². The average molecular weight is 792 g/mol. The summed E-state index contributed by atoms with van der Waals surface area (Å²) in [5.41, 5.74) is 16.0. The molecule has 15 heteroatoms. The maximum Gasteiger partial charge on any atom is 0.246 e. The van der Waals surface area contributed by atoms with Gasteiger partial charge in [0.05, 0.1) is 33.3 Å². The number of hydrogen-bond acceptors (Lipinski definition) is 9. The van der Waals surface area contributed by atoms with Crippen LogP contribution in [0.2, 0.25) is 5.02 Å². The van der Waals surface area contributed by atoms with E-state index in [1.165, 1.54) is 4.90 Å². The quantitative estimate of drug-likeness (QED) is 0.136. The lowest BCUT2D eigenvalue weighted by molar-refractivity contribution is -0.144. The summed E-state index contributed by atoms with van der Waals surface area (Å²) in [6, 6.07) is 10.8. The minimum atomic E-state index is -0.931. The van der Waals surface area contributed by atoms with Gasteiger partial charge in [-0.2, -0.15) is 0 Å². The Bertz CT molecular complexity index is 1720. The zero-order valence-electron chi connectivity index (χ0n) is 30.9. The molecule has 0 bridgehead atoms. The van der Waals surface area contributed by atoms with Gasteiger partial charge in [-0.3, -0.25) is 19.2 Å². The number of primary amides is 1. The van der Waals surface area contributed by atoms with Crippen LogP contribution in [-0.2, 0) is 25.6 Å². The Labute approximate surface area is 326 Å². The van der Waals surface area contributed by atoms with Crippen molar-refractivity contribution in [3.05, 3.63) is 69.8 Å². The first kappa shape index (κ1) is 43.7. The van der Waals surface area contributed by atoms with Gasteiger partial charge in [0.15, 0.2) is 0 Å². The van der Waals surface area contributed by atoms with Gasteiger partial charge in [0, 0.05) is 31.8 Å². The molecule has 0 spiro atoms. The summed E-state index contributed by atoms with van der Waals surface area (Å²) in [6.45, 7) is 9.55. The second-order valence-electron chi connectivity index (χ2n) is 14.5. The molecule has 0 unspecified atom stereocenters. The molecule has 0 saturated carbocycles. The number of likely N-dealkylation sites (tertiary alicyclic amines) is 1. The second-order valence-corrected chi connectivity index (χ2v) is 15.8. The van der Waals surface area contributed by atoms with Crippen LogP contribution in [-0.4, -0.2) is 76.0 Å². The van der Waals surface area contributed by atoms with Gasteiger partial charge in [0.2, 0.25) is 23.6 Å². The monoisotopic (exact) mass is 790 g/mol. The molecule has 53 heavy (non-hydrogen) atoms. The normalized spacial score (nSPS) is 17.3. The molecule has 7 N–H and O–H groups in total. The number of ether oxygens (including phenoxy) is 1. The Morgan fingerprint density at radius 1 is 1.11 bits per heavy atom. The van der Waals surface area contributed by atoms with Crippen LogP contribution in [0.25, 0.3) is 10.4 Å². The van der Waals surface area contributed by atoms with Gasteiger partial charge in [-0.25, -0.2) is 4.98 Å². The number of thiazole rings is 1. The van der Waals surface area contributed by atoms with Crippen molar-refractivity contribution in [3.63, 3.8) is 0 Å². The van der Waals surface area contributed by atoms with Crippen LogP contribution in [0.15, 0.2) is 48.0 Å². The summed E-state index contributed by atoms with van der Waals surface area (Å²) in [5.74, 6) is -1.07. The third-order valence-electron chi connectivity index (χ3n) is 9.17. The predicted molar refractivity (Wildman–Crippen MR) is 210 cm³/mol. The standard InChI is InChI=1S/C38H51ClN6O6S.ClH/c1-22(24-12-14-26(15-13-24)34-23(2)42-21-52-34)43-36(49)29-18-28(46)19-45(29)37(50)35(38(3,4)5)44-32(48)11-7-9-25-8-6-10-30(33(25)39)51-20-27(40)16-17-31(41)47;/h6,8,10,12-15,21-22,27-29,35,46H,7,9,11,16-20,40H2,1-5H3,(H2,41,47)(H,43,49)(H,44,48);1H/t22-,27-,28+,29-,35+;/m0./s1. The molecule has 4 amide bonds. The van der Waals surface area contributed by atoms with Crippen molar-refractivity contribution >= 4 is 59.0 Å². The van der Waals surface area contributed by atoms with E-state index >= 15 is 0 Å². The van der Waals surface area contributed by atoms with Crippen molar-refractivity contribution in [2.75, 3.05) is 13.2 Å². The van der Waals surface area contributed by atoms with Crippen molar-refractivity contribution in [2.45, 2.75) is 103 Å². The smallest absolute Gasteiger partial charge is 0.246 e. The Balaban J connectivity index is 0.00000756. The van der Waals surface area contributed by atoms with Crippen LogP contribution < -0.4 is 26.8 Å². The summed E-state index contributed by atoms with van der Waals surface area (Å²) in [7, 11) is 0. The van der Waals surface area contributed by atoms with Crippen molar-refractivity contribution in [1.82, 2.24) is 20.5 Å². The Hall–Kier alpha value is -3.75. The molecule has 4 rings (SSSR count). The maximum absolute atomic E-state index is 14.0. The topological polar surface area (TPSA) is 190 Å². The average Bonchev–Trinajstić information content (AvgIpc) is 3.70. The summed E-state index contributed by atoms with van der Waals surface area (Å²) < 4.78 is 5.78. The number of aromatic nitrogens is 1. The first-order chi connectivity index (χ1) is 24.5. The van der Waals surface area contributed by atoms with E-state index in [2.05, 4.69) is 15.6 Å². The summed E-state index contributed by atoms with van der Waals surface area (Å²) in [6.07, 6.45) is 0.860. The molecule has 3 aromatic rings. The Morgan fingerprint density at radius 3 is 2.43 bits per heavy atom. The number of nitrogens with two attached hydrogens (primary N) is 2. The largest absolute Gasteiger partial charge is 0.490 e. The Morgan fingerprint density at radius 2 is 1.81 bits per heavy atom. The van der Waals surface area contributed by atoms with Crippen LogP contribution >= 0.6 is 35.3 Å². The van der Waals surface area contributed by atoms with E-state index < -0.39 is 35.4 Å². The highest BCUT2D eigenvalue weighted by molar-refractivity contribution is 7.13. The number of aliphatic hydroxyl groups is 1. The van der Waals surface area contributed by atoms with Crippen molar-refractivity contribution in [2.24, 2.45) is 16.9 Å². The molecule has 290 valence electrons. The number of carbonyl (C=O) groups excluding carboxylic acids is 4. The fraction of sp³-hybridized carbons (Fsp3) is 0.500. The third-order valence-corrected chi connectivity index (χ3v) is 10.6. The number of rotatable bonds is 16. The highest BCUT2D eigenvalue weighted by atomic mass is 35.5. The molecule has 2 heterocycles. The highest BCUT2D eigenvalue weighted by Crippen LogP contribution is 2.31. The molecule has 0 radical (unpaired) electrons. The van der Waals surface area contributed by atoms with Gasteiger partial charge in [0.25, 0.3) is 0 Å². The number of nitrogens with zero attached hydrogens (tertiary/aromatic N) is 2. The van der Waals surface area contributed by atoms with E-state index in [4.69, 9.17) is 27.8 Å². The first-order valence-corrected chi connectivity index (χ1v) is 18.8. The molecule has 1 aliphatic rings. The van der Waals surface area contributed by atoms with Crippen molar-refractivity contribution in [1.29, 1.82) is 0 Å². The molecule has 2 aromatic carbocycles. The SMILES string of the molecule is Cc1ncsc1-c1ccc([C@H](C)NC(=O)[C@@H]2C[C@@H](O)CN2C(=O)[C@@H](NC(=O)CCCc2cccc(OC[C@@H](N)CCC(N)=O)c2Cl)C(C)(C)C)cc1.Cl. The van der Waals surface area contributed by atoms with E-state index in [0.717, 1.165) is 27.3 Å². The van der Waals surface area contributed by atoms with Crippen LogP contribution in [0.1, 0.15) is 82.7 Å². The molecule has 1 aromatic heterocycles. The second kappa shape index (κ2) is 19.5. The number of aryl methyl sites for hydroxylation is 2. The van der Waals surface area contributed by atoms with Gasteiger partial charge in [-0.1, -0.05) is 68.8 Å². The van der Waals surface area contributed by atoms with Crippen LogP contribution in [0.3, 0.4) is 0 Å². The molecule has 1 fully saturated rings. The third kappa shape index (κ3) is 12.1. The van der Waals surface area contributed by atoms with Crippen LogP contribution in [0.5, 0.6) is 5.75 Å². The van der Waals surface area contributed by atoms with Gasteiger partial charge >= 0.3 is 0 Å². The number of nitrogens with one attached hydrogen (secondary N) is 2. The van der Waals surface area contributed by atoms with Crippen LogP contribution in [0.4, 0.5) is 0 Å². The van der Waals surface area contributed by atoms with Gasteiger partial charge < -0.3 is 36.8 Å². The molecular formula is C38H52Cl2N6O6S. The van der Waals surface area contributed by atoms with E-state index in [1.54, 1.807) is 23.5 Å². The van der Waals surface area contributed by atoms with E-state index in [9.17, 15) is 24.3 Å². The molecule has 1 saturated heterocycles. The van der Waals surface area contributed by atoms with Gasteiger partial charge in [-0.05, 0) is 61.3 Å². The van der Waals surface area contributed by atoms with Crippen LogP contribution in [0, 0.1) is 12.3 Å². The zero-order chi connectivity index (χ0) is 38.2. The Kier molecular flexibility index (Phi) is 16.1. The number of carbonyl (C=O) groups is 4. The number of benzene rings is 2. The number of hydrogen-bond donors (Lipinski definition) is 5. The number of amides is 4. The highest BCUT2D eigenvalue weighted by Gasteiger charge is 2.44. The predicted octanol–water partition coefficient (Wildman–Crippen LogP) is 4.86. The lowest BCUT2D eigenvalue weighted by Crippen LogP contribution is -2.57. The zero-order valence-corrected chi connectivity index (χ0v) is 33.3. The van der Waals surface area contributed by atoms with Crippen molar-refractivity contribution in [3.8, 4) is 16.2 Å². The lowest BCUT2D eigenvalue weighted by Gasteiger charge is -2.35. The maximum atomic E-state index is 14.0. The molecular weight excluding hydrogens is 739 g/mol. The molecule has 1 aliphatic heterocycles. The van der Waals surface area contributed by atoms with E-state index in [-0.39, 0.29) is 68.7 Å². The van der Waals surface area contributed by atoms with Gasteiger partial charge in [0.1, 0.15) is 24.4 Å². The minimum Gasteiger partial charge on any atom is -0.490 e. The summed E-state index contributed by atoms with van der Waals surface area (Å²) >= 11 is 8.17. The molecule has 5 atom stereocenters. The molecule has 0 aliphatic carbocycles. The number of halogens is 2. The fourth-order valence-electron chi connectivity index (χ4n) is 6.16. The number of β-amino-alcohol motifs (C(OH)–C–C–N with tert-alkyl or cyclic N) is 1. The fourth-order valence-corrected chi connectivity index (χ4v) is 7.24.